The number of esters is 1. The zero-order chi connectivity index (χ0) is 14.5. The molecule has 0 saturated carbocycles. The molecule has 0 spiro atoms. The Morgan fingerprint density at radius 2 is 2.10 bits per heavy atom. The van der Waals surface area contributed by atoms with Gasteiger partial charge in [0.1, 0.15) is 6.04 Å². The Hall–Kier alpha value is -1.88. The van der Waals surface area contributed by atoms with Crippen LogP contribution in [0.15, 0.2) is 24.3 Å². The van der Waals surface area contributed by atoms with Gasteiger partial charge in [0.15, 0.2) is 0 Å². The Bertz CT molecular complexity index is 502. The zero-order valence-corrected chi connectivity index (χ0v) is 11.8. The number of carbonyl (C=O) groups is 2. The molecule has 1 aromatic carbocycles. The van der Waals surface area contributed by atoms with Crippen molar-refractivity contribution in [2.24, 2.45) is 0 Å². The Morgan fingerprint density at radius 3 is 2.75 bits per heavy atom. The molecule has 1 amide bonds. The van der Waals surface area contributed by atoms with Gasteiger partial charge in [0, 0.05) is 6.54 Å². The van der Waals surface area contributed by atoms with E-state index in [0.29, 0.717) is 19.4 Å². The summed E-state index contributed by atoms with van der Waals surface area (Å²) in [6, 6.07) is 7.18. The minimum Gasteiger partial charge on any atom is -0.467 e. The van der Waals surface area contributed by atoms with E-state index in [1.165, 1.54) is 18.2 Å². The number of methoxy groups -OCH3 is 1. The molecule has 5 nitrogen and oxygen atoms in total. The van der Waals surface area contributed by atoms with Gasteiger partial charge in [-0.15, -0.1) is 0 Å². The van der Waals surface area contributed by atoms with Crippen LogP contribution in [0.4, 0.5) is 0 Å². The molecule has 0 bridgehead atoms. The third kappa shape index (κ3) is 3.17. The minimum absolute atomic E-state index is 0.156. The highest BCUT2D eigenvalue weighted by Crippen LogP contribution is 2.16. The lowest BCUT2D eigenvalue weighted by Gasteiger charge is -2.26. The van der Waals surface area contributed by atoms with Crippen molar-refractivity contribution in [3.8, 4) is 0 Å². The van der Waals surface area contributed by atoms with E-state index in [0.717, 1.165) is 0 Å². The summed E-state index contributed by atoms with van der Waals surface area (Å²) in [6.45, 7) is 2.51. The highest BCUT2D eigenvalue weighted by molar-refractivity contribution is 5.87. The van der Waals surface area contributed by atoms with Gasteiger partial charge in [0.25, 0.3) is 0 Å². The second-order valence-corrected chi connectivity index (χ2v) is 4.90. The van der Waals surface area contributed by atoms with Crippen LogP contribution >= 0.6 is 0 Å². The molecule has 0 aliphatic carbocycles. The van der Waals surface area contributed by atoms with Gasteiger partial charge >= 0.3 is 5.97 Å². The van der Waals surface area contributed by atoms with Crippen LogP contribution in [0.5, 0.6) is 0 Å². The van der Waals surface area contributed by atoms with Crippen molar-refractivity contribution in [1.82, 2.24) is 10.6 Å². The number of rotatable bonds is 4. The fourth-order valence-electron chi connectivity index (χ4n) is 2.38. The van der Waals surface area contributed by atoms with E-state index in [1.54, 1.807) is 0 Å². The first kappa shape index (κ1) is 14.5. The summed E-state index contributed by atoms with van der Waals surface area (Å²) in [5.74, 6) is -0.561. The SMILES string of the molecule is CCC(NC(=O)C1Cc2ccccc2CN1)C(=O)OC. The fraction of sp³-hybridized carbons (Fsp3) is 0.467. The molecule has 1 aromatic rings. The van der Waals surface area contributed by atoms with E-state index in [2.05, 4.69) is 21.4 Å². The lowest BCUT2D eigenvalue weighted by molar-refractivity contribution is -0.145. The average Bonchev–Trinajstić information content (AvgIpc) is 2.51. The van der Waals surface area contributed by atoms with Gasteiger partial charge in [-0.05, 0) is 24.0 Å². The number of benzene rings is 1. The van der Waals surface area contributed by atoms with Crippen LogP contribution in [0.1, 0.15) is 24.5 Å². The first-order valence-electron chi connectivity index (χ1n) is 6.84. The Morgan fingerprint density at radius 1 is 1.40 bits per heavy atom. The monoisotopic (exact) mass is 276 g/mol. The van der Waals surface area contributed by atoms with Crippen molar-refractivity contribution < 1.29 is 14.3 Å². The molecule has 1 heterocycles. The van der Waals surface area contributed by atoms with E-state index in [1.807, 2.05) is 25.1 Å². The van der Waals surface area contributed by atoms with Gasteiger partial charge in [-0.25, -0.2) is 4.79 Å². The molecule has 2 atom stereocenters. The number of hydrogen-bond acceptors (Lipinski definition) is 4. The fourth-order valence-corrected chi connectivity index (χ4v) is 2.38. The predicted octanol–water partition coefficient (Wildman–Crippen LogP) is 0.769. The van der Waals surface area contributed by atoms with Crippen LogP contribution in [0.3, 0.4) is 0 Å². The lowest BCUT2D eigenvalue weighted by Crippen LogP contribution is -2.52. The maximum Gasteiger partial charge on any atom is 0.328 e. The van der Waals surface area contributed by atoms with Gasteiger partial charge in [0.05, 0.1) is 13.2 Å². The first-order chi connectivity index (χ1) is 9.65. The minimum atomic E-state index is -0.577. The highest BCUT2D eigenvalue weighted by atomic mass is 16.5. The smallest absolute Gasteiger partial charge is 0.328 e. The first-order valence-corrected chi connectivity index (χ1v) is 6.84. The average molecular weight is 276 g/mol. The molecule has 20 heavy (non-hydrogen) atoms. The van der Waals surface area contributed by atoms with Crippen LogP contribution in [-0.4, -0.2) is 31.1 Å². The molecule has 5 heteroatoms. The standard InChI is InChI=1S/C15H20N2O3/c1-3-12(15(19)20-2)17-14(18)13-8-10-6-4-5-7-11(10)9-16-13/h4-7,12-13,16H,3,8-9H2,1-2H3,(H,17,18). The molecule has 0 radical (unpaired) electrons. The van der Waals surface area contributed by atoms with E-state index in [-0.39, 0.29) is 11.9 Å². The van der Waals surface area contributed by atoms with Crippen molar-refractivity contribution in [2.45, 2.75) is 38.4 Å². The third-order valence-corrected chi connectivity index (χ3v) is 3.61. The van der Waals surface area contributed by atoms with Crippen LogP contribution < -0.4 is 10.6 Å². The Labute approximate surface area is 118 Å². The van der Waals surface area contributed by atoms with Gasteiger partial charge in [-0.2, -0.15) is 0 Å². The summed E-state index contributed by atoms with van der Waals surface area (Å²) in [5, 5.41) is 5.94. The van der Waals surface area contributed by atoms with Crippen molar-refractivity contribution in [3.05, 3.63) is 35.4 Å². The quantitative estimate of drug-likeness (QED) is 0.797. The predicted molar refractivity (Wildman–Crippen MR) is 75.0 cm³/mol. The summed E-state index contributed by atoms with van der Waals surface area (Å²) in [4.78, 5) is 23.7. The molecular weight excluding hydrogens is 256 g/mol. The number of fused-ring (bicyclic) bond motifs is 1. The van der Waals surface area contributed by atoms with Gasteiger partial charge in [0.2, 0.25) is 5.91 Å². The van der Waals surface area contributed by atoms with Crippen LogP contribution in [0.25, 0.3) is 0 Å². The Kier molecular flexibility index (Phi) is 4.74. The molecule has 2 unspecified atom stereocenters. The summed E-state index contributed by atoms with van der Waals surface area (Å²) in [6.07, 6.45) is 1.15. The van der Waals surface area contributed by atoms with Crippen molar-refractivity contribution >= 4 is 11.9 Å². The van der Waals surface area contributed by atoms with Crippen molar-refractivity contribution in [1.29, 1.82) is 0 Å². The van der Waals surface area contributed by atoms with E-state index < -0.39 is 12.0 Å². The van der Waals surface area contributed by atoms with Crippen LogP contribution in [0.2, 0.25) is 0 Å². The molecule has 1 aliphatic heterocycles. The molecule has 0 saturated heterocycles. The normalized spacial score (nSPS) is 18.8. The van der Waals surface area contributed by atoms with Gasteiger partial charge in [-0.3, -0.25) is 4.79 Å². The van der Waals surface area contributed by atoms with Gasteiger partial charge < -0.3 is 15.4 Å². The largest absolute Gasteiger partial charge is 0.467 e. The second kappa shape index (κ2) is 6.52. The zero-order valence-electron chi connectivity index (χ0n) is 11.8. The molecule has 1 aliphatic rings. The van der Waals surface area contributed by atoms with Crippen LogP contribution in [-0.2, 0) is 27.3 Å². The number of nitrogens with one attached hydrogen (secondary N) is 2. The van der Waals surface area contributed by atoms with Crippen molar-refractivity contribution in [3.63, 3.8) is 0 Å². The molecule has 0 aromatic heterocycles. The number of hydrogen-bond donors (Lipinski definition) is 2. The van der Waals surface area contributed by atoms with Gasteiger partial charge in [-0.1, -0.05) is 31.2 Å². The third-order valence-electron chi connectivity index (χ3n) is 3.61. The van der Waals surface area contributed by atoms with E-state index >= 15 is 0 Å². The summed E-state index contributed by atoms with van der Waals surface area (Å²) in [7, 11) is 1.33. The molecule has 108 valence electrons. The van der Waals surface area contributed by atoms with Crippen LogP contribution in [0, 0.1) is 0 Å². The number of carbonyl (C=O) groups excluding carboxylic acids is 2. The molecular formula is C15H20N2O3. The lowest BCUT2D eigenvalue weighted by atomic mass is 9.95. The summed E-state index contributed by atoms with van der Waals surface area (Å²) in [5.41, 5.74) is 2.40. The maximum atomic E-state index is 12.2. The molecule has 2 rings (SSSR count). The number of amides is 1. The summed E-state index contributed by atoms with van der Waals surface area (Å²) >= 11 is 0. The number of ether oxygens (including phenoxy) is 1. The molecule has 0 fully saturated rings. The second-order valence-electron chi connectivity index (χ2n) is 4.90. The highest BCUT2D eigenvalue weighted by Gasteiger charge is 2.27. The topological polar surface area (TPSA) is 67.4 Å². The van der Waals surface area contributed by atoms with E-state index in [4.69, 9.17) is 0 Å². The van der Waals surface area contributed by atoms with E-state index in [9.17, 15) is 9.59 Å². The van der Waals surface area contributed by atoms with Crippen molar-refractivity contribution in [2.75, 3.05) is 7.11 Å². The maximum absolute atomic E-state index is 12.2. The summed E-state index contributed by atoms with van der Waals surface area (Å²) < 4.78 is 4.67. The Balaban J connectivity index is 1.99. The molecule has 2 N–H and O–H groups in total.